The topological polar surface area (TPSA) is 90.2 Å². The van der Waals surface area contributed by atoms with Gasteiger partial charge >= 0.3 is 0 Å². The quantitative estimate of drug-likeness (QED) is 0.439. The molecule has 2 fully saturated rings. The number of hydrogen-bond donors (Lipinski definition) is 0. The van der Waals surface area contributed by atoms with Crippen LogP contribution in [0.2, 0.25) is 0 Å². The van der Waals surface area contributed by atoms with E-state index in [1.165, 1.54) is 16.4 Å². The van der Waals surface area contributed by atoms with Gasteiger partial charge in [0.15, 0.2) is 0 Å². The van der Waals surface area contributed by atoms with Crippen LogP contribution in [-0.2, 0) is 10.0 Å². The lowest BCUT2D eigenvalue weighted by atomic mass is 10.2. The van der Waals surface area contributed by atoms with Gasteiger partial charge in [-0.3, -0.25) is 15.0 Å². The Kier molecular flexibility index (Phi) is 7.62. The van der Waals surface area contributed by atoms with Crippen molar-refractivity contribution >= 4 is 27.5 Å². The Morgan fingerprint density at radius 3 is 2.26 bits per heavy atom. The number of nitro benzene ring substituents is 1. The summed E-state index contributed by atoms with van der Waals surface area (Å²) in [6.07, 6.45) is 4.22. The lowest BCUT2D eigenvalue weighted by Crippen LogP contribution is -2.47. The van der Waals surface area contributed by atoms with Gasteiger partial charge in [-0.05, 0) is 24.7 Å². The molecule has 2 aliphatic rings. The van der Waals surface area contributed by atoms with Crippen LogP contribution in [-0.4, -0.2) is 93.4 Å². The van der Waals surface area contributed by atoms with Crippen molar-refractivity contribution < 1.29 is 13.3 Å². The van der Waals surface area contributed by atoms with Gasteiger partial charge in [0.1, 0.15) is 5.69 Å². The number of likely N-dealkylation sites (N-methyl/N-ethyl adjacent to an activating group) is 1. The van der Waals surface area contributed by atoms with Gasteiger partial charge in [0.05, 0.1) is 9.82 Å². The molecule has 0 unspecified atom stereocenters. The van der Waals surface area contributed by atoms with E-state index < -0.39 is 14.9 Å². The summed E-state index contributed by atoms with van der Waals surface area (Å²) >= 11 is 0. The fraction of sp³-hybridized carbons (Fsp3) is 0.417. The number of benzene rings is 2. The van der Waals surface area contributed by atoms with Crippen LogP contribution in [0.5, 0.6) is 0 Å². The molecule has 0 spiro atoms. The molecule has 9 nitrogen and oxygen atoms in total. The maximum Gasteiger partial charge on any atom is 0.293 e. The van der Waals surface area contributed by atoms with E-state index in [0.717, 1.165) is 25.2 Å². The third-order valence-corrected chi connectivity index (χ3v) is 8.32. The highest BCUT2D eigenvalue weighted by Gasteiger charge is 2.31. The molecule has 10 heteroatoms. The van der Waals surface area contributed by atoms with Crippen molar-refractivity contribution in [1.82, 2.24) is 14.1 Å². The van der Waals surface area contributed by atoms with Gasteiger partial charge in [-0.2, -0.15) is 4.31 Å². The van der Waals surface area contributed by atoms with E-state index in [0.29, 0.717) is 45.0 Å². The van der Waals surface area contributed by atoms with Gasteiger partial charge in [-0.15, -0.1) is 0 Å². The fourth-order valence-corrected chi connectivity index (χ4v) is 5.77. The molecule has 2 aliphatic heterocycles. The second-order valence-corrected chi connectivity index (χ2v) is 10.7. The number of sulfonamides is 1. The molecule has 0 aromatic heterocycles. The van der Waals surface area contributed by atoms with Crippen molar-refractivity contribution in [3.05, 3.63) is 70.3 Å². The molecule has 0 amide bonds. The van der Waals surface area contributed by atoms with Crippen LogP contribution in [0, 0.1) is 10.1 Å². The fourth-order valence-electron chi connectivity index (χ4n) is 4.33. The summed E-state index contributed by atoms with van der Waals surface area (Å²) in [7, 11) is -1.82. The monoisotopic (exact) mass is 485 g/mol. The zero-order valence-electron chi connectivity index (χ0n) is 19.4. The Hall–Kier alpha value is -2.79. The van der Waals surface area contributed by atoms with Crippen LogP contribution >= 0.6 is 0 Å². The molecule has 0 atom stereocenters. The lowest BCUT2D eigenvalue weighted by Gasteiger charge is -2.35. The van der Waals surface area contributed by atoms with E-state index >= 15 is 0 Å². The smallest absolute Gasteiger partial charge is 0.293 e. The van der Waals surface area contributed by atoms with Crippen molar-refractivity contribution in [3.8, 4) is 0 Å². The summed E-state index contributed by atoms with van der Waals surface area (Å²) in [6, 6.07) is 14.4. The molecule has 0 bridgehead atoms. The first-order chi connectivity index (χ1) is 16.3. The van der Waals surface area contributed by atoms with Crippen LogP contribution in [0.25, 0.3) is 6.08 Å². The van der Waals surface area contributed by atoms with E-state index in [9.17, 15) is 18.5 Å². The van der Waals surface area contributed by atoms with Crippen LogP contribution in [0.4, 0.5) is 11.4 Å². The highest BCUT2D eigenvalue weighted by Crippen LogP contribution is 2.32. The highest BCUT2D eigenvalue weighted by atomic mass is 32.2. The Labute approximate surface area is 201 Å². The van der Waals surface area contributed by atoms with Gasteiger partial charge in [-0.1, -0.05) is 42.5 Å². The van der Waals surface area contributed by atoms with Crippen molar-refractivity contribution in [2.24, 2.45) is 0 Å². The van der Waals surface area contributed by atoms with Gasteiger partial charge in [-0.25, -0.2) is 8.42 Å². The minimum Gasteiger partial charge on any atom is -0.363 e. The molecule has 0 saturated carbocycles. The molecule has 0 aliphatic carbocycles. The molecule has 0 N–H and O–H groups in total. The second-order valence-electron chi connectivity index (χ2n) is 8.72. The molecule has 2 aromatic carbocycles. The van der Waals surface area contributed by atoms with E-state index in [4.69, 9.17) is 0 Å². The zero-order valence-corrected chi connectivity index (χ0v) is 20.2. The number of anilines is 1. The molecule has 0 radical (unpaired) electrons. The van der Waals surface area contributed by atoms with Gasteiger partial charge in [0, 0.05) is 65.0 Å². The number of nitro groups is 1. The van der Waals surface area contributed by atoms with Crippen LogP contribution in [0.3, 0.4) is 0 Å². The predicted molar refractivity (Wildman–Crippen MR) is 133 cm³/mol. The second kappa shape index (κ2) is 10.6. The van der Waals surface area contributed by atoms with Crippen LogP contribution < -0.4 is 4.90 Å². The highest BCUT2D eigenvalue weighted by molar-refractivity contribution is 7.89. The number of rotatable bonds is 7. The molecule has 182 valence electrons. The van der Waals surface area contributed by atoms with Gasteiger partial charge in [0.2, 0.25) is 10.0 Å². The van der Waals surface area contributed by atoms with E-state index in [1.54, 1.807) is 6.07 Å². The van der Waals surface area contributed by atoms with Crippen molar-refractivity contribution in [2.45, 2.75) is 4.90 Å². The number of hydrogen-bond acceptors (Lipinski definition) is 7. The van der Waals surface area contributed by atoms with Crippen LogP contribution in [0.1, 0.15) is 5.56 Å². The normalized spacial score (nSPS) is 19.0. The summed E-state index contributed by atoms with van der Waals surface area (Å²) in [5.74, 6) is 0. The summed E-state index contributed by atoms with van der Waals surface area (Å²) < 4.78 is 27.5. The van der Waals surface area contributed by atoms with Gasteiger partial charge in [0.25, 0.3) is 5.69 Å². The SMILES string of the molecule is CN1CCN(S(=O)(=O)c2ccc(N3CCN(C/C=C/c4ccccc4)CC3)c([N+](=O)[O-])c2)CC1. The Morgan fingerprint density at radius 2 is 1.62 bits per heavy atom. The maximum absolute atomic E-state index is 13.1. The Bertz CT molecular complexity index is 1120. The first-order valence-corrected chi connectivity index (χ1v) is 12.9. The summed E-state index contributed by atoms with van der Waals surface area (Å²) in [4.78, 5) is 17.7. The first-order valence-electron chi connectivity index (χ1n) is 11.5. The van der Waals surface area contributed by atoms with Crippen molar-refractivity contribution in [2.75, 3.05) is 70.9 Å². The third kappa shape index (κ3) is 5.64. The summed E-state index contributed by atoms with van der Waals surface area (Å²) in [5.41, 5.74) is 1.47. The molecule has 2 saturated heterocycles. The van der Waals surface area contributed by atoms with E-state index in [2.05, 4.69) is 34.1 Å². The zero-order chi connectivity index (χ0) is 24.1. The van der Waals surface area contributed by atoms with Crippen molar-refractivity contribution in [3.63, 3.8) is 0 Å². The standard InChI is InChI=1S/C24H31N5O4S/c1-25-12-18-28(19-13-25)34(32,33)22-9-10-23(24(20-22)29(30)31)27-16-14-26(15-17-27)11-5-8-21-6-3-2-4-7-21/h2-10,20H,11-19H2,1H3/b8-5+. The average Bonchev–Trinajstić information content (AvgIpc) is 2.85. The largest absolute Gasteiger partial charge is 0.363 e. The molecule has 34 heavy (non-hydrogen) atoms. The minimum atomic E-state index is -3.76. The Balaban J connectivity index is 1.42. The molecule has 2 heterocycles. The summed E-state index contributed by atoms with van der Waals surface area (Å²) in [5, 5.41) is 11.8. The minimum absolute atomic E-state index is 0.0165. The number of piperazine rings is 2. The van der Waals surface area contributed by atoms with E-state index in [1.807, 2.05) is 30.1 Å². The molecular weight excluding hydrogens is 454 g/mol. The molecular formula is C24H31N5O4S. The summed E-state index contributed by atoms with van der Waals surface area (Å²) in [6.45, 7) is 5.70. The third-order valence-electron chi connectivity index (χ3n) is 6.43. The maximum atomic E-state index is 13.1. The Morgan fingerprint density at radius 1 is 0.941 bits per heavy atom. The van der Waals surface area contributed by atoms with E-state index in [-0.39, 0.29) is 10.6 Å². The number of nitrogens with zero attached hydrogens (tertiary/aromatic N) is 5. The average molecular weight is 486 g/mol. The molecule has 2 aromatic rings. The van der Waals surface area contributed by atoms with Crippen molar-refractivity contribution in [1.29, 1.82) is 0 Å². The van der Waals surface area contributed by atoms with Crippen LogP contribution in [0.15, 0.2) is 59.5 Å². The lowest BCUT2D eigenvalue weighted by molar-refractivity contribution is -0.384. The first kappa shape index (κ1) is 24.3. The molecule has 4 rings (SSSR count). The predicted octanol–water partition coefficient (Wildman–Crippen LogP) is 2.37. The van der Waals surface area contributed by atoms with Gasteiger partial charge < -0.3 is 9.80 Å².